The topological polar surface area (TPSA) is 85.8 Å². The second-order valence-corrected chi connectivity index (χ2v) is 4.65. The second-order valence-electron chi connectivity index (χ2n) is 4.21. The predicted octanol–water partition coefficient (Wildman–Crippen LogP) is 0.732. The zero-order valence-electron chi connectivity index (χ0n) is 10.8. The summed E-state index contributed by atoms with van der Waals surface area (Å²) in [7, 11) is 0. The first-order valence-electron chi connectivity index (χ1n) is 6.16. The molecule has 2 rings (SSSR count). The van der Waals surface area contributed by atoms with Crippen molar-refractivity contribution in [3.05, 3.63) is 48.3 Å². The van der Waals surface area contributed by atoms with E-state index in [-0.39, 0.29) is 10.9 Å². The molecule has 6 nitrogen and oxygen atoms in total. The summed E-state index contributed by atoms with van der Waals surface area (Å²) in [5.74, 6) is -0.204. The summed E-state index contributed by atoms with van der Waals surface area (Å²) in [5, 5.41) is 2.81. The fourth-order valence-electron chi connectivity index (χ4n) is 1.65. The highest BCUT2D eigenvalue weighted by Gasteiger charge is 2.06. The van der Waals surface area contributed by atoms with Gasteiger partial charge < -0.3 is 15.6 Å². The third-order valence-electron chi connectivity index (χ3n) is 2.72. The molecular weight excluding hydrogens is 274 g/mol. The Balaban J connectivity index is 1.78. The van der Waals surface area contributed by atoms with Crippen LogP contribution in [0.2, 0.25) is 0 Å². The number of carbonyl (C=O) groups excluding carboxylic acids is 1. The third-order valence-corrected chi connectivity index (χ3v) is 2.95. The summed E-state index contributed by atoms with van der Waals surface area (Å²) >= 11 is 4.83. The Morgan fingerprint density at radius 1 is 1.45 bits per heavy atom. The monoisotopic (exact) mass is 289 g/mol. The smallest absolute Gasteiger partial charge is 0.269 e. The molecule has 0 aliphatic heterocycles. The van der Waals surface area contributed by atoms with Gasteiger partial charge in [0.15, 0.2) is 0 Å². The molecule has 1 amide bonds. The van der Waals surface area contributed by atoms with Gasteiger partial charge in [0.2, 0.25) is 0 Å². The standard InChI is InChI=1S/C13H15N5OS/c14-12(20)10-2-3-11(17-8-10)13(19)16-4-1-6-18-7-5-15-9-18/h2-3,5,7-9H,1,4,6H2,(H2,14,20)(H,16,19). The fraction of sp³-hybridized carbons (Fsp3) is 0.231. The van der Waals surface area contributed by atoms with Crippen molar-refractivity contribution in [1.82, 2.24) is 19.9 Å². The summed E-state index contributed by atoms with van der Waals surface area (Å²) in [6.45, 7) is 1.39. The van der Waals surface area contributed by atoms with Crippen molar-refractivity contribution in [3.63, 3.8) is 0 Å². The molecule has 0 radical (unpaired) electrons. The van der Waals surface area contributed by atoms with Crippen LogP contribution in [0.15, 0.2) is 37.1 Å². The quantitative estimate of drug-likeness (QED) is 0.605. The van der Waals surface area contributed by atoms with Gasteiger partial charge in [0.25, 0.3) is 5.91 Å². The maximum Gasteiger partial charge on any atom is 0.269 e. The van der Waals surface area contributed by atoms with Crippen LogP contribution in [-0.2, 0) is 6.54 Å². The van der Waals surface area contributed by atoms with E-state index in [2.05, 4.69) is 15.3 Å². The van der Waals surface area contributed by atoms with E-state index in [1.807, 2.05) is 10.8 Å². The van der Waals surface area contributed by atoms with Crippen molar-refractivity contribution in [2.24, 2.45) is 5.73 Å². The van der Waals surface area contributed by atoms with Gasteiger partial charge in [-0.1, -0.05) is 12.2 Å². The van der Waals surface area contributed by atoms with E-state index in [0.717, 1.165) is 13.0 Å². The predicted molar refractivity (Wildman–Crippen MR) is 79.3 cm³/mol. The molecule has 7 heteroatoms. The lowest BCUT2D eigenvalue weighted by Gasteiger charge is -2.05. The summed E-state index contributed by atoms with van der Waals surface area (Å²) in [6, 6.07) is 3.30. The first-order chi connectivity index (χ1) is 9.66. The van der Waals surface area contributed by atoms with Crippen molar-refractivity contribution in [2.75, 3.05) is 6.54 Å². The molecule has 0 spiro atoms. The number of hydrogen-bond donors (Lipinski definition) is 2. The number of rotatable bonds is 6. The Kier molecular flexibility index (Phi) is 4.78. The van der Waals surface area contributed by atoms with Crippen molar-refractivity contribution in [3.8, 4) is 0 Å². The molecule has 0 bridgehead atoms. The van der Waals surface area contributed by atoms with E-state index in [1.165, 1.54) is 6.20 Å². The van der Waals surface area contributed by atoms with Gasteiger partial charge in [-0.25, -0.2) is 4.98 Å². The van der Waals surface area contributed by atoms with Crippen molar-refractivity contribution in [1.29, 1.82) is 0 Å². The van der Waals surface area contributed by atoms with Crippen molar-refractivity contribution in [2.45, 2.75) is 13.0 Å². The van der Waals surface area contributed by atoms with E-state index in [4.69, 9.17) is 18.0 Å². The number of nitrogens with two attached hydrogens (primary N) is 1. The normalized spacial score (nSPS) is 10.2. The molecule has 2 heterocycles. The Labute approximate surface area is 122 Å². The number of nitrogens with zero attached hydrogens (tertiary/aromatic N) is 3. The van der Waals surface area contributed by atoms with Crippen LogP contribution >= 0.6 is 12.2 Å². The summed E-state index contributed by atoms with van der Waals surface area (Å²) in [6.07, 6.45) is 7.69. The van der Waals surface area contributed by atoms with Crippen LogP contribution in [-0.4, -0.2) is 32.0 Å². The number of hydrogen-bond acceptors (Lipinski definition) is 4. The summed E-state index contributed by atoms with van der Waals surface area (Å²) in [5.41, 5.74) is 6.47. The summed E-state index contributed by atoms with van der Waals surface area (Å²) < 4.78 is 1.96. The largest absolute Gasteiger partial charge is 0.389 e. The number of nitrogens with one attached hydrogen (secondary N) is 1. The summed E-state index contributed by atoms with van der Waals surface area (Å²) in [4.78, 5) is 20.1. The highest BCUT2D eigenvalue weighted by atomic mass is 32.1. The molecule has 2 aromatic rings. The average Bonchev–Trinajstić information content (AvgIpc) is 2.96. The number of aryl methyl sites for hydroxylation is 1. The maximum atomic E-state index is 11.8. The Hall–Kier alpha value is -2.28. The van der Waals surface area contributed by atoms with E-state index >= 15 is 0 Å². The van der Waals surface area contributed by atoms with Gasteiger partial charge in [-0.2, -0.15) is 0 Å². The van der Waals surface area contributed by atoms with Gasteiger partial charge in [0, 0.05) is 37.2 Å². The molecular formula is C13H15N5OS. The van der Waals surface area contributed by atoms with Crippen LogP contribution in [0.3, 0.4) is 0 Å². The lowest BCUT2D eigenvalue weighted by Crippen LogP contribution is -2.26. The number of amides is 1. The SMILES string of the molecule is NC(=S)c1ccc(C(=O)NCCCn2ccnc2)nc1. The lowest BCUT2D eigenvalue weighted by atomic mass is 10.2. The van der Waals surface area contributed by atoms with Crippen LogP contribution < -0.4 is 11.1 Å². The molecule has 0 aliphatic rings. The molecule has 0 saturated heterocycles. The molecule has 0 saturated carbocycles. The molecule has 0 aromatic carbocycles. The number of carbonyl (C=O) groups is 1. The van der Waals surface area contributed by atoms with Gasteiger partial charge in [-0.05, 0) is 18.6 Å². The molecule has 20 heavy (non-hydrogen) atoms. The van der Waals surface area contributed by atoms with Crippen LogP contribution in [0.25, 0.3) is 0 Å². The molecule has 3 N–H and O–H groups in total. The highest BCUT2D eigenvalue weighted by Crippen LogP contribution is 2.00. The Morgan fingerprint density at radius 3 is 2.90 bits per heavy atom. The van der Waals surface area contributed by atoms with Gasteiger partial charge in [-0.15, -0.1) is 0 Å². The van der Waals surface area contributed by atoms with Crippen molar-refractivity contribution < 1.29 is 4.79 Å². The first-order valence-corrected chi connectivity index (χ1v) is 6.57. The minimum Gasteiger partial charge on any atom is -0.389 e. The van der Waals surface area contributed by atoms with E-state index in [9.17, 15) is 4.79 Å². The number of pyridine rings is 1. The Morgan fingerprint density at radius 2 is 2.30 bits per heavy atom. The van der Waals surface area contributed by atoms with Crippen LogP contribution in [0, 0.1) is 0 Å². The molecule has 0 aliphatic carbocycles. The van der Waals surface area contributed by atoms with Gasteiger partial charge >= 0.3 is 0 Å². The molecule has 2 aromatic heterocycles. The molecule has 0 unspecified atom stereocenters. The number of imidazole rings is 1. The van der Waals surface area contributed by atoms with E-state index < -0.39 is 0 Å². The zero-order valence-corrected chi connectivity index (χ0v) is 11.6. The van der Waals surface area contributed by atoms with Gasteiger partial charge in [0.05, 0.1) is 6.33 Å². The average molecular weight is 289 g/mol. The molecule has 0 fully saturated rings. The van der Waals surface area contributed by atoms with Gasteiger partial charge in [-0.3, -0.25) is 9.78 Å². The van der Waals surface area contributed by atoms with E-state index in [1.54, 1.807) is 24.7 Å². The minimum absolute atomic E-state index is 0.204. The first kappa shape index (κ1) is 14.1. The van der Waals surface area contributed by atoms with Crippen LogP contribution in [0.4, 0.5) is 0 Å². The minimum atomic E-state index is -0.204. The number of thiocarbonyl (C=S) groups is 1. The highest BCUT2D eigenvalue weighted by molar-refractivity contribution is 7.80. The van der Waals surface area contributed by atoms with Gasteiger partial charge in [0.1, 0.15) is 10.7 Å². The fourth-order valence-corrected chi connectivity index (χ4v) is 1.77. The second kappa shape index (κ2) is 6.76. The van der Waals surface area contributed by atoms with E-state index in [0.29, 0.717) is 17.8 Å². The maximum absolute atomic E-state index is 11.8. The van der Waals surface area contributed by atoms with Crippen molar-refractivity contribution >= 4 is 23.1 Å². The number of aromatic nitrogens is 3. The molecule has 0 atom stereocenters. The molecule has 104 valence electrons. The third kappa shape index (κ3) is 3.86. The zero-order chi connectivity index (χ0) is 14.4. The van der Waals surface area contributed by atoms with Crippen LogP contribution in [0.1, 0.15) is 22.5 Å². The lowest BCUT2D eigenvalue weighted by molar-refractivity contribution is 0.0948. The van der Waals surface area contributed by atoms with Crippen LogP contribution in [0.5, 0.6) is 0 Å². The Bertz CT molecular complexity index is 579.